The molecule has 0 aliphatic carbocycles. The first-order valence-electron chi connectivity index (χ1n) is 6.35. The first kappa shape index (κ1) is 14.9. The van der Waals surface area contributed by atoms with Gasteiger partial charge >= 0.3 is 0 Å². The van der Waals surface area contributed by atoms with E-state index in [-0.39, 0.29) is 16.4 Å². The van der Waals surface area contributed by atoms with Crippen LogP contribution in [0, 0.1) is 11.6 Å². The molecule has 0 radical (unpaired) electrons. The molecule has 0 spiro atoms. The maximum absolute atomic E-state index is 13.7. The fourth-order valence-corrected chi connectivity index (χ4v) is 3.33. The first-order chi connectivity index (χ1) is 10.6. The lowest BCUT2D eigenvalue weighted by Gasteiger charge is -2.13. The molecule has 1 aliphatic heterocycles. The number of amides is 1. The van der Waals surface area contributed by atoms with Crippen molar-refractivity contribution in [1.82, 2.24) is 0 Å². The fourth-order valence-electron chi connectivity index (χ4n) is 2.04. The van der Waals surface area contributed by atoms with Crippen molar-refractivity contribution in [2.24, 2.45) is 0 Å². The van der Waals surface area contributed by atoms with Crippen molar-refractivity contribution in [2.45, 2.75) is 0 Å². The molecular formula is C16H9F2NOS2. The molecule has 2 nitrogen and oxygen atoms in total. The van der Waals surface area contributed by atoms with Gasteiger partial charge in [-0.3, -0.25) is 9.69 Å². The maximum atomic E-state index is 13.7. The highest BCUT2D eigenvalue weighted by Crippen LogP contribution is 2.36. The Morgan fingerprint density at radius 1 is 1.05 bits per heavy atom. The second-order valence-electron chi connectivity index (χ2n) is 4.50. The third-order valence-corrected chi connectivity index (χ3v) is 4.38. The van der Waals surface area contributed by atoms with E-state index in [1.807, 2.05) is 6.07 Å². The van der Waals surface area contributed by atoms with Gasteiger partial charge in [-0.1, -0.05) is 54.3 Å². The molecule has 0 bridgehead atoms. The summed E-state index contributed by atoms with van der Waals surface area (Å²) in [6.07, 6.45) is 1.32. The summed E-state index contributed by atoms with van der Waals surface area (Å²) in [5, 5.41) is 0. The van der Waals surface area contributed by atoms with Crippen LogP contribution in [0.3, 0.4) is 0 Å². The summed E-state index contributed by atoms with van der Waals surface area (Å²) < 4.78 is 27.3. The number of thiocarbonyl (C=S) groups is 1. The second kappa shape index (κ2) is 5.98. The van der Waals surface area contributed by atoms with Crippen LogP contribution in [-0.4, -0.2) is 10.2 Å². The van der Waals surface area contributed by atoms with Crippen LogP contribution < -0.4 is 4.90 Å². The topological polar surface area (TPSA) is 20.3 Å². The lowest BCUT2D eigenvalue weighted by atomic mass is 10.2. The van der Waals surface area contributed by atoms with E-state index in [4.69, 9.17) is 12.2 Å². The van der Waals surface area contributed by atoms with Gasteiger partial charge in [0.05, 0.1) is 10.6 Å². The number of carbonyl (C=O) groups is 1. The highest BCUT2D eigenvalue weighted by molar-refractivity contribution is 8.27. The quantitative estimate of drug-likeness (QED) is 0.601. The Morgan fingerprint density at radius 3 is 2.50 bits per heavy atom. The molecule has 2 aromatic rings. The average Bonchev–Trinajstić information content (AvgIpc) is 2.79. The van der Waals surface area contributed by atoms with Crippen molar-refractivity contribution in [2.75, 3.05) is 4.90 Å². The SMILES string of the molecule is O=C1C(=Cc2cccc(F)c2F)SC(=S)N1c1ccccc1. The molecule has 6 heteroatoms. The molecule has 0 aromatic heterocycles. The van der Waals surface area contributed by atoms with Crippen molar-refractivity contribution in [3.8, 4) is 0 Å². The van der Waals surface area contributed by atoms with Crippen molar-refractivity contribution < 1.29 is 13.6 Å². The van der Waals surface area contributed by atoms with Crippen molar-refractivity contribution >= 4 is 46.0 Å². The number of hydrogen-bond acceptors (Lipinski definition) is 3. The molecule has 0 saturated carbocycles. The molecule has 1 heterocycles. The molecule has 0 N–H and O–H groups in total. The van der Waals surface area contributed by atoms with Crippen LogP contribution in [0.25, 0.3) is 6.08 Å². The van der Waals surface area contributed by atoms with E-state index in [0.717, 1.165) is 17.8 Å². The van der Waals surface area contributed by atoms with E-state index in [1.54, 1.807) is 24.3 Å². The maximum Gasteiger partial charge on any atom is 0.270 e. The molecule has 0 atom stereocenters. The van der Waals surface area contributed by atoms with Gasteiger partial charge in [0.1, 0.15) is 0 Å². The number of para-hydroxylation sites is 1. The zero-order valence-electron chi connectivity index (χ0n) is 11.1. The first-order valence-corrected chi connectivity index (χ1v) is 7.57. The largest absolute Gasteiger partial charge is 0.270 e. The Labute approximate surface area is 135 Å². The predicted octanol–water partition coefficient (Wildman–Crippen LogP) is 4.37. The highest BCUT2D eigenvalue weighted by Gasteiger charge is 2.33. The van der Waals surface area contributed by atoms with Crippen LogP contribution in [-0.2, 0) is 4.79 Å². The summed E-state index contributed by atoms with van der Waals surface area (Å²) in [6.45, 7) is 0. The number of rotatable bonds is 2. The van der Waals surface area contributed by atoms with Crippen LogP contribution in [0.5, 0.6) is 0 Å². The van der Waals surface area contributed by atoms with Gasteiger partial charge in [0.2, 0.25) is 0 Å². The molecule has 2 aromatic carbocycles. The minimum absolute atomic E-state index is 0.0218. The van der Waals surface area contributed by atoms with Crippen LogP contribution in [0.2, 0.25) is 0 Å². The number of carbonyl (C=O) groups excluding carboxylic acids is 1. The van der Waals surface area contributed by atoms with Crippen molar-refractivity contribution in [3.63, 3.8) is 0 Å². The molecule has 22 heavy (non-hydrogen) atoms. The van der Waals surface area contributed by atoms with Crippen molar-refractivity contribution in [1.29, 1.82) is 0 Å². The average molecular weight is 333 g/mol. The minimum Gasteiger partial charge on any atom is -0.268 e. The second-order valence-corrected chi connectivity index (χ2v) is 6.17. The van der Waals surface area contributed by atoms with Gasteiger partial charge < -0.3 is 0 Å². The lowest BCUT2D eigenvalue weighted by Crippen LogP contribution is -2.27. The standard InChI is InChI=1S/C16H9F2NOS2/c17-12-8-4-5-10(14(12)18)9-13-15(20)19(16(21)22-13)11-6-2-1-3-7-11/h1-9H. The van der Waals surface area contributed by atoms with E-state index in [2.05, 4.69) is 0 Å². The Bertz CT molecular complexity index is 790. The molecule has 1 aliphatic rings. The molecular weight excluding hydrogens is 324 g/mol. The summed E-state index contributed by atoms with van der Waals surface area (Å²) in [7, 11) is 0. The zero-order chi connectivity index (χ0) is 15.7. The van der Waals surface area contributed by atoms with Gasteiger partial charge in [0.15, 0.2) is 16.0 Å². The van der Waals surface area contributed by atoms with Gasteiger partial charge in [0, 0.05) is 5.56 Å². The van der Waals surface area contributed by atoms with Gasteiger partial charge in [-0.15, -0.1) is 0 Å². The number of nitrogens with zero attached hydrogens (tertiary/aromatic N) is 1. The van der Waals surface area contributed by atoms with Crippen LogP contribution in [0.4, 0.5) is 14.5 Å². The van der Waals surface area contributed by atoms with E-state index in [0.29, 0.717) is 10.0 Å². The van der Waals surface area contributed by atoms with Gasteiger partial charge in [-0.05, 0) is 24.3 Å². The van der Waals surface area contributed by atoms with Crippen molar-refractivity contribution in [3.05, 3.63) is 70.6 Å². The van der Waals surface area contributed by atoms with Crippen LogP contribution in [0.15, 0.2) is 53.4 Å². The van der Waals surface area contributed by atoms with Gasteiger partial charge in [0.25, 0.3) is 5.91 Å². The summed E-state index contributed by atoms with van der Waals surface area (Å²) in [5.41, 5.74) is 0.668. The number of thioether (sulfide) groups is 1. The smallest absolute Gasteiger partial charge is 0.268 e. The monoisotopic (exact) mass is 333 g/mol. The summed E-state index contributed by atoms with van der Waals surface area (Å²) in [5.74, 6) is -2.27. The van der Waals surface area contributed by atoms with Gasteiger partial charge in [-0.2, -0.15) is 0 Å². The van der Waals surface area contributed by atoms with E-state index in [1.165, 1.54) is 23.1 Å². The molecule has 1 fully saturated rings. The van der Waals surface area contributed by atoms with Crippen LogP contribution >= 0.6 is 24.0 Å². The fraction of sp³-hybridized carbons (Fsp3) is 0. The molecule has 3 rings (SSSR count). The Morgan fingerprint density at radius 2 is 1.77 bits per heavy atom. The number of anilines is 1. The predicted molar refractivity (Wildman–Crippen MR) is 88.5 cm³/mol. The zero-order valence-corrected chi connectivity index (χ0v) is 12.8. The minimum atomic E-state index is -0.979. The molecule has 1 saturated heterocycles. The number of halogens is 2. The third-order valence-electron chi connectivity index (χ3n) is 3.08. The summed E-state index contributed by atoms with van der Waals surface area (Å²) >= 11 is 6.28. The Kier molecular flexibility index (Phi) is 4.04. The molecule has 1 amide bonds. The molecule has 0 unspecified atom stereocenters. The van der Waals surface area contributed by atoms with E-state index in [9.17, 15) is 13.6 Å². The highest BCUT2D eigenvalue weighted by atomic mass is 32.2. The third kappa shape index (κ3) is 2.67. The lowest BCUT2D eigenvalue weighted by molar-refractivity contribution is -0.113. The van der Waals surface area contributed by atoms with E-state index < -0.39 is 11.6 Å². The summed E-state index contributed by atoms with van der Waals surface area (Å²) in [6, 6.07) is 12.8. The van der Waals surface area contributed by atoms with Gasteiger partial charge in [-0.25, -0.2) is 8.78 Å². The normalized spacial score (nSPS) is 16.6. The number of benzene rings is 2. The van der Waals surface area contributed by atoms with E-state index >= 15 is 0 Å². The molecule has 110 valence electrons. The van der Waals surface area contributed by atoms with Crippen LogP contribution in [0.1, 0.15) is 5.56 Å². The number of hydrogen-bond donors (Lipinski definition) is 0. The Hall–Kier alpha value is -2.05. The summed E-state index contributed by atoms with van der Waals surface area (Å²) in [4.78, 5) is 14.1. The Balaban J connectivity index is 1.98.